The summed E-state index contributed by atoms with van der Waals surface area (Å²) in [5.74, 6) is -1.07. The summed E-state index contributed by atoms with van der Waals surface area (Å²) in [6.07, 6.45) is 2.95. The Morgan fingerprint density at radius 1 is 0.889 bits per heavy atom. The number of hydrogen-bond donors (Lipinski definition) is 3. The van der Waals surface area contributed by atoms with Gasteiger partial charge in [0.25, 0.3) is 0 Å². The van der Waals surface area contributed by atoms with Gasteiger partial charge in [-0.1, -0.05) is 30.3 Å². The molecule has 0 spiro atoms. The number of para-hydroxylation sites is 1. The van der Waals surface area contributed by atoms with E-state index in [-0.39, 0.29) is 6.54 Å². The van der Waals surface area contributed by atoms with E-state index in [9.17, 15) is 9.59 Å². The van der Waals surface area contributed by atoms with Crippen molar-refractivity contribution in [3.8, 4) is 0 Å². The molecule has 7 nitrogen and oxygen atoms in total. The van der Waals surface area contributed by atoms with Crippen molar-refractivity contribution in [1.29, 1.82) is 0 Å². The number of anilines is 2. The zero-order chi connectivity index (χ0) is 18.9. The van der Waals surface area contributed by atoms with Crippen LogP contribution in [0.15, 0.2) is 82.5 Å². The Balaban J connectivity index is 1.46. The number of benzene rings is 2. The first-order valence-corrected chi connectivity index (χ1v) is 8.26. The van der Waals surface area contributed by atoms with Gasteiger partial charge in [0, 0.05) is 11.4 Å². The minimum absolute atomic E-state index is 0.138. The van der Waals surface area contributed by atoms with E-state index < -0.39 is 11.8 Å². The highest BCUT2D eigenvalue weighted by atomic mass is 16.3. The van der Waals surface area contributed by atoms with Crippen molar-refractivity contribution < 1.29 is 14.0 Å². The monoisotopic (exact) mass is 362 g/mol. The molecule has 0 aliphatic rings. The molecule has 0 unspecified atom stereocenters. The summed E-state index contributed by atoms with van der Waals surface area (Å²) in [4.78, 5) is 23.3. The van der Waals surface area contributed by atoms with Gasteiger partial charge in [-0.15, -0.1) is 0 Å². The Morgan fingerprint density at radius 3 is 2.33 bits per heavy atom. The lowest BCUT2D eigenvalue weighted by atomic mass is 10.2. The van der Waals surface area contributed by atoms with Crippen LogP contribution in [0.3, 0.4) is 0 Å². The second-order valence-electron chi connectivity index (χ2n) is 5.57. The Morgan fingerprint density at radius 2 is 1.63 bits per heavy atom. The van der Waals surface area contributed by atoms with Crippen LogP contribution in [0.25, 0.3) is 0 Å². The van der Waals surface area contributed by atoms with Crippen LogP contribution in [0.4, 0.5) is 11.4 Å². The predicted octanol–water partition coefficient (Wildman–Crippen LogP) is 2.79. The first-order chi connectivity index (χ1) is 13.2. The Kier molecular flexibility index (Phi) is 5.98. The number of amides is 2. The van der Waals surface area contributed by atoms with Crippen molar-refractivity contribution in [3.63, 3.8) is 0 Å². The fourth-order valence-electron chi connectivity index (χ4n) is 2.22. The summed E-state index contributed by atoms with van der Waals surface area (Å²) < 4.78 is 5.07. The molecule has 1 heterocycles. The Hall–Kier alpha value is -3.87. The smallest absolute Gasteiger partial charge is 0.329 e. The molecule has 0 saturated heterocycles. The average Bonchev–Trinajstić information content (AvgIpc) is 3.22. The van der Waals surface area contributed by atoms with Crippen LogP contribution in [0.1, 0.15) is 11.3 Å². The van der Waals surface area contributed by atoms with Crippen molar-refractivity contribution in [1.82, 2.24) is 10.7 Å². The third kappa shape index (κ3) is 5.57. The van der Waals surface area contributed by atoms with E-state index in [0.717, 1.165) is 16.9 Å². The highest BCUT2D eigenvalue weighted by molar-refractivity contribution is 6.35. The molecule has 0 fully saturated rings. The van der Waals surface area contributed by atoms with E-state index in [0.29, 0.717) is 5.76 Å². The number of carbonyl (C=O) groups is 2. The standard InChI is InChI=1S/C20H18N4O3/c25-19(21-14-18-7-4-12-27-18)20(26)24-22-13-15-8-10-17(11-9-15)23-16-5-2-1-3-6-16/h1-13,23H,14H2,(H,21,25)(H,24,26)/b22-13-. The highest BCUT2D eigenvalue weighted by Crippen LogP contribution is 2.15. The van der Waals surface area contributed by atoms with Gasteiger partial charge in [-0.25, -0.2) is 5.43 Å². The van der Waals surface area contributed by atoms with Crippen LogP contribution in [0, 0.1) is 0 Å². The topological polar surface area (TPSA) is 95.7 Å². The second kappa shape index (κ2) is 9.00. The number of hydrogen-bond acceptors (Lipinski definition) is 5. The molecule has 3 rings (SSSR count). The van der Waals surface area contributed by atoms with E-state index in [1.807, 2.05) is 54.6 Å². The van der Waals surface area contributed by atoms with Crippen LogP contribution in [0.2, 0.25) is 0 Å². The number of nitrogens with zero attached hydrogens (tertiary/aromatic N) is 1. The number of rotatable bonds is 6. The second-order valence-corrected chi connectivity index (χ2v) is 5.57. The molecular formula is C20H18N4O3. The Bertz CT molecular complexity index is 904. The first-order valence-electron chi connectivity index (χ1n) is 8.26. The molecule has 0 aliphatic heterocycles. The number of furan rings is 1. The zero-order valence-electron chi connectivity index (χ0n) is 14.4. The van der Waals surface area contributed by atoms with Crippen molar-refractivity contribution in [2.75, 3.05) is 5.32 Å². The summed E-state index contributed by atoms with van der Waals surface area (Å²) in [6.45, 7) is 0.138. The van der Waals surface area contributed by atoms with Gasteiger partial charge in [0.15, 0.2) is 0 Å². The largest absolute Gasteiger partial charge is 0.467 e. The maximum absolute atomic E-state index is 11.7. The molecule has 1 aromatic heterocycles. The highest BCUT2D eigenvalue weighted by Gasteiger charge is 2.12. The number of nitrogens with one attached hydrogen (secondary N) is 3. The first kappa shape index (κ1) is 17.9. The van der Waals surface area contributed by atoms with Crippen LogP contribution in [0.5, 0.6) is 0 Å². The third-order valence-corrected chi connectivity index (χ3v) is 3.56. The van der Waals surface area contributed by atoms with Gasteiger partial charge in [0.05, 0.1) is 19.0 Å². The van der Waals surface area contributed by atoms with Gasteiger partial charge in [-0.2, -0.15) is 5.10 Å². The number of hydrazone groups is 1. The fourth-order valence-corrected chi connectivity index (χ4v) is 2.22. The van der Waals surface area contributed by atoms with Crippen LogP contribution in [-0.2, 0) is 16.1 Å². The maximum atomic E-state index is 11.7. The summed E-state index contributed by atoms with van der Waals surface area (Å²) in [6, 6.07) is 20.7. The molecule has 3 N–H and O–H groups in total. The SMILES string of the molecule is O=C(NCc1ccco1)C(=O)N/N=C\c1ccc(Nc2ccccc2)cc1. The molecule has 3 aromatic rings. The van der Waals surface area contributed by atoms with Crippen molar-refractivity contribution >= 4 is 29.4 Å². The summed E-state index contributed by atoms with van der Waals surface area (Å²) in [5, 5.41) is 9.50. The van der Waals surface area contributed by atoms with Gasteiger partial charge in [-0.05, 0) is 42.0 Å². The van der Waals surface area contributed by atoms with Gasteiger partial charge in [-0.3, -0.25) is 9.59 Å². The van der Waals surface area contributed by atoms with Crippen LogP contribution >= 0.6 is 0 Å². The minimum atomic E-state index is -0.847. The van der Waals surface area contributed by atoms with E-state index in [4.69, 9.17) is 4.42 Å². The molecule has 0 saturated carbocycles. The third-order valence-electron chi connectivity index (χ3n) is 3.56. The van der Waals surface area contributed by atoms with Gasteiger partial charge in [0.1, 0.15) is 5.76 Å². The lowest BCUT2D eigenvalue weighted by molar-refractivity contribution is -0.139. The molecule has 0 atom stereocenters. The Labute approximate surface area is 156 Å². The van der Waals surface area contributed by atoms with E-state index in [1.165, 1.54) is 12.5 Å². The molecular weight excluding hydrogens is 344 g/mol. The maximum Gasteiger partial charge on any atom is 0.329 e. The molecule has 2 aromatic carbocycles. The lowest BCUT2D eigenvalue weighted by Gasteiger charge is -2.06. The molecule has 0 bridgehead atoms. The van der Waals surface area contributed by atoms with E-state index in [2.05, 4.69) is 21.2 Å². The molecule has 136 valence electrons. The number of carbonyl (C=O) groups excluding carboxylic acids is 2. The van der Waals surface area contributed by atoms with Crippen molar-refractivity contribution in [2.45, 2.75) is 6.54 Å². The van der Waals surface area contributed by atoms with Gasteiger partial charge >= 0.3 is 11.8 Å². The molecule has 0 aliphatic carbocycles. The lowest BCUT2D eigenvalue weighted by Crippen LogP contribution is -2.37. The fraction of sp³-hybridized carbons (Fsp3) is 0.0500. The molecule has 27 heavy (non-hydrogen) atoms. The molecule has 7 heteroatoms. The summed E-state index contributed by atoms with van der Waals surface area (Å²) in [7, 11) is 0. The van der Waals surface area contributed by atoms with Crippen LogP contribution < -0.4 is 16.1 Å². The van der Waals surface area contributed by atoms with E-state index in [1.54, 1.807) is 12.1 Å². The zero-order valence-corrected chi connectivity index (χ0v) is 14.4. The van der Waals surface area contributed by atoms with Crippen LogP contribution in [-0.4, -0.2) is 18.0 Å². The molecule has 2 amide bonds. The summed E-state index contributed by atoms with van der Waals surface area (Å²) >= 11 is 0. The normalized spacial score (nSPS) is 10.5. The van der Waals surface area contributed by atoms with Crippen molar-refractivity contribution in [3.05, 3.63) is 84.3 Å². The predicted molar refractivity (Wildman–Crippen MR) is 102 cm³/mol. The van der Waals surface area contributed by atoms with Gasteiger partial charge in [0.2, 0.25) is 0 Å². The minimum Gasteiger partial charge on any atom is -0.467 e. The van der Waals surface area contributed by atoms with Crippen molar-refractivity contribution in [2.24, 2.45) is 5.10 Å². The molecule has 0 radical (unpaired) electrons. The van der Waals surface area contributed by atoms with Gasteiger partial charge < -0.3 is 15.1 Å². The van der Waals surface area contributed by atoms with E-state index >= 15 is 0 Å². The quantitative estimate of drug-likeness (QED) is 0.357. The summed E-state index contributed by atoms with van der Waals surface area (Å²) in [5.41, 5.74) is 4.89. The average molecular weight is 362 g/mol.